The van der Waals surface area contributed by atoms with Crippen molar-refractivity contribution >= 4 is 27.3 Å². The highest BCUT2D eigenvalue weighted by Gasteiger charge is 2.03. The van der Waals surface area contributed by atoms with Gasteiger partial charge in [0.1, 0.15) is 6.42 Å². The fraction of sp³-hybridized carbons (Fsp3) is 0.273. The predicted octanol–water partition coefficient (Wildman–Crippen LogP) is 1.65. The van der Waals surface area contributed by atoms with Crippen LogP contribution in [0.2, 0.25) is 0 Å². The number of ether oxygens (including phenoxy) is 1. The highest BCUT2D eigenvalue weighted by atomic mass is 32.2. The first-order valence-electron chi connectivity index (χ1n) is 5.01. The Morgan fingerprint density at radius 3 is 2.83 bits per heavy atom. The summed E-state index contributed by atoms with van der Waals surface area (Å²) >= 11 is 0. The van der Waals surface area contributed by atoms with Crippen LogP contribution >= 0.6 is 0 Å². The molecule has 1 aromatic rings. The van der Waals surface area contributed by atoms with Crippen LogP contribution in [0.5, 0.6) is 0 Å². The fourth-order valence-electron chi connectivity index (χ4n) is 1.22. The fourth-order valence-corrected chi connectivity index (χ4v) is 1.78. The summed E-state index contributed by atoms with van der Waals surface area (Å²) in [5.41, 5.74) is 0.918. The van der Waals surface area contributed by atoms with E-state index in [9.17, 15) is 8.42 Å². The number of anilines is 1. The number of methoxy groups -OCH3 is 1. The molecule has 0 radical (unpaired) electrons. The van der Waals surface area contributed by atoms with Crippen molar-refractivity contribution < 1.29 is 13.2 Å². The maximum Gasteiger partial charge on any atom is 0.229 e. The van der Waals surface area contributed by atoms with Crippen molar-refractivity contribution in [3.8, 4) is 6.07 Å². The van der Waals surface area contributed by atoms with E-state index in [-0.39, 0.29) is 12.3 Å². The minimum atomic E-state index is -3.32. The van der Waals surface area contributed by atoms with Gasteiger partial charge in [0.2, 0.25) is 15.9 Å². The third-order valence-corrected chi connectivity index (χ3v) is 2.48. The third-order valence-electron chi connectivity index (χ3n) is 1.87. The molecule has 1 rings (SSSR count). The predicted molar refractivity (Wildman–Crippen MR) is 69.2 cm³/mol. The van der Waals surface area contributed by atoms with E-state index in [4.69, 9.17) is 10.00 Å². The van der Waals surface area contributed by atoms with Crippen LogP contribution in [0.4, 0.5) is 11.4 Å². The number of hydrogen-bond donors (Lipinski definition) is 1. The molecule has 0 amide bonds. The van der Waals surface area contributed by atoms with Crippen molar-refractivity contribution in [2.24, 2.45) is 4.99 Å². The minimum Gasteiger partial charge on any atom is -0.483 e. The molecule has 96 valence electrons. The Morgan fingerprint density at radius 1 is 1.56 bits per heavy atom. The number of nitriles is 1. The average Bonchev–Trinajstić information content (AvgIpc) is 2.26. The maximum absolute atomic E-state index is 11.1. The summed E-state index contributed by atoms with van der Waals surface area (Å²) in [5.74, 6) is 0.272. The topological polar surface area (TPSA) is 91.5 Å². The number of rotatable bonds is 4. The molecule has 0 fully saturated rings. The second kappa shape index (κ2) is 6.02. The van der Waals surface area contributed by atoms with Gasteiger partial charge in [0.25, 0.3) is 0 Å². The third kappa shape index (κ3) is 4.84. The molecule has 0 saturated carbocycles. The van der Waals surface area contributed by atoms with Crippen LogP contribution < -0.4 is 4.72 Å². The molecular formula is C11H13N3O3S. The molecule has 0 bridgehead atoms. The van der Waals surface area contributed by atoms with E-state index in [1.807, 2.05) is 6.07 Å². The Balaban J connectivity index is 2.99. The molecule has 0 spiro atoms. The molecule has 1 aromatic carbocycles. The van der Waals surface area contributed by atoms with Gasteiger partial charge in [-0.1, -0.05) is 6.07 Å². The SMILES string of the molecule is COC(CC#N)=Nc1cccc(NS(C)(=O)=O)c1. The van der Waals surface area contributed by atoms with Crippen LogP contribution in [-0.2, 0) is 14.8 Å². The Bertz CT molecular complexity index is 588. The number of aliphatic imine (C=N–C) groups is 1. The number of nitrogens with one attached hydrogen (secondary N) is 1. The van der Waals surface area contributed by atoms with Gasteiger partial charge in [-0.15, -0.1) is 0 Å². The van der Waals surface area contributed by atoms with Crippen molar-refractivity contribution in [1.29, 1.82) is 5.26 Å². The summed E-state index contributed by atoms with van der Waals surface area (Å²) < 4.78 is 29.4. The van der Waals surface area contributed by atoms with Crippen LogP contribution in [0.1, 0.15) is 6.42 Å². The smallest absolute Gasteiger partial charge is 0.229 e. The van der Waals surface area contributed by atoms with E-state index in [1.165, 1.54) is 7.11 Å². The monoisotopic (exact) mass is 267 g/mol. The quantitative estimate of drug-likeness (QED) is 0.663. The summed E-state index contributed by atoms with van der Waals surface area (Å²) in [6.45, 7) is 0. The lowest BCUT2D eigenvalue weighted by atomic mass is 10.3. The van der Waals surface area contributed by atoms with Crippen LogP contribution in [0.15, 0.2) is 29.3 Å². The summed E-state index contributed by atoms with van der Waals surface area (Å²) in [6.07, 6.45) is 1.12. The molecular weight excluding hydrogens is 254 g/mol. The Kier molecular flexibility index (Phi) is 4.68. The van der Waals surface area contributed by atoms with Gasteiger partial charge in [0.05, 0.1) is 30.8 Å². The van der Waals surface area contributed by atoms with Crippen molar-refractivity contribution in [3.05, 3.63) is 24.3 Å². The molecule has 0 aliphatic heterocycles. The maximum atomic E-state index is 11.1. The van der Waals surface area contributed by atoms with E-state index < -0.39 is 10.0 Å². The van der Waals surface area contributed by atoms with Gasteiger partial charge in [-0.25, -0.2) is 13.4 Å². The number of hydrogen-bond acceptors (Lipinski definition) is 5. The highest BCUT2D eigenvalue weighted by molar-refractivity contribution is 7.92. The van der Waals surface area contributed by atoms with Crippen LogP contribution in [0.3, 0.4) is 0 Å². The molecule has 6 nitrogen and oxygen atoms in total. The molecule has 0 aliphatic rings. The second-order valence-electron chi connectivity index (χ2n) is 3.47. The number of sulfonamides is 1. The molecule has 0 aliphatic carbocycles. The van der Waals surface area contributed by atoms with Crippen LogP contribution in [0, 0.1) is 11.3 Å². The first-order valence-corrected chi connectivity index (χ1v) is 6.90. The lowest BCUT2D eigenvalue weighted by Gasteiger charge is -2.05. The summed E-state index contributed by atoms with van der Waals surface area (Å²) in [5, 5.41) is 8.55. The van der Waals surface area contributed by atoms with E-state index in [2.05, 4.69) is 9.71 Å². The van der Waals surface area contributed by atoms with Crippen molar-refractivity contribution in [2.45, 2.75) is 6.42 Å². The highest BCUT2D eigenvalue weighted by Crippen LogP contribution is 2.19. The molecule has 0 heterocycles. The summed E-state index contributed by atoms with van der Waals surface area (Å²) in [4.78, 5) is 4.09. The first-order chi connectivity index (χ1) is 8.44. The summed E-state index contributed by atoms with van der Waals surface area (Å²) in [7, 11) is -1.89. The van der Waals surface area contributed by atoms with Gasteiger partial charge in [-0.05, 0) is 18.2 Å². The molecule has 18 heavy (non-hydrogen) atoms. The lowest BCUT2D eigenvalue weighted by Crippen LogP contribution is -2.09. The first kappa shape index (κ1) is 14.0. The average molecular weight is 267 g/mol. The second-order valence-corrected chi connectivity index (χ2v) is 5.22. The van der Waals surface area contributed by atoms with Crippen molar-refractivity contribution in [2.75, 3.05) is 18.1 Å². The molecule has 0 unspecified atom stereocenters. The van der Waals surface area contributed by atoms with Gasteiger partial charge in [-0.3, -0.25) is 4.72 Å². The minimum absolute atomic E-state index is 0.0558. The zero-order valence-electron chi connectivity index (χ0n) is 10.0. The molecule has 7 heteroatoms. The zero-order chi connectivity index (χ0) is 13.6. The Labute approximate surface area is 106 Å². The lowest BCUT2D eigenvalue weighted by molar-refractivity contribution is 0.396. The molecule has 0 atom stereocenters. The summed E-state index contributed by atoms with van der Waals surface area (Å²) in [6, 6.07) is 8.43. The number of nitrogens with zero attached hydrogens (tertiary/aromatic N) is 2. The van der Waals surface area contributed by atoms with E-state index >= 15 is 0 Å². The van der Waals surface area contributed by atoms with E-state index in [0.29, 0.717) is 11.4 Å². The van der Waals surface area contributed by atoms with E-state index in [1.54, 1.807) is 24.3 Å². The Hall–Kier alpha value is -2.07. The van der Waals surface area contributed by atoms with Crippen LogP contribution in [0.25, 0.3) is 0 Å². The van der Waals surface area contributed by atoms with Crippen molar-refractivity contribution in [3.63, 3.8) is 0 Å². The van der Waals surface area contributed by atoms with Crippen LogP contribution in [-0.4, -0.2) is 27.7 Å². The molecule has 0 aromatic heterocycles. The largest absolute Gasteiger partial charge is 0.483 e. The normalized spacial score (nSPS) is 11.7. The van der Waals surface area contributed by atoms with E-state index in [0.717, 1.165) is 6.26 Å². The molecule has 1 N–H and O–H groups in total. The standard InChI is InChI=1S/C11H13N3O3S/c1-17-11(6-7-12)13-9-4-3-5-10(8-9)14-18(2,15)16/h3-5,8,14H,6H2,1-2H3. The van der Waals surface area contributed by atoms with Gasteiger partial charge in [-0.2, -0.15) is 5.26 Å². The zero-order valence-corrected chi connectivity index (χ0v) is 10.9. The number of benzene rings is 1. The van der Waals surface area contributed by atoms with Gasteiger partial charge in [0, 0.05) is 0 Å². The van der Waals surface area contributed by atoms with Gasteiger partial charge >= 0.3 is 0 Å². The molecule has 0 saturated heterocycles. The Morgan fingerprint density at radius 2 is 2.28 bits per heavy atom. The van der Waals surface area contributed by atoms with Crippen molar-refractivity contribution in [1.82, 2.24) is 0 Å². The van der Waals surface area contributed by atoms with Gasteiger partial charge < -0.3 is 4.74 Å². The van der Waals surface area contributed by atoms with Gasteiger partial charge in [0.15, 0.2) is 0 Å².